The number of aliphatic hydroxyl groups is 1. The summed E-state index contributed by atoms with van der Waals surface area (Å²) < 4.78 is 11.6. The highest BCUT2D eigenvalue weighted by Gasteiger charge is 2.45. The Labute approximate surface area is 195 Å². The molecule has 1 aliphatic rings. The van der Waals surface area contributed by atoms with Crippen LogP contribution < -0.4 is 9.47 Å². The summed E-state index contributed by atoms with van der Waals surface area (Å²) in [6, 6.07) is 13.6. The van der Waals surface area contributed by atoms with Crippen molar-refractivity contribution < 1.29 is 24.2 Å². The molecule has 0 aliphatic carbocycles. The van der Waals surface area contributed by atoms with E-state index in [1.807, 2.05) is 45.0 Å². The van der Waals surface area contributed by atoms with Gasteiger partial charge in [-0.2, -0.15) is 0 Å². The Balaban J connectivity index is 2.10. The first-order valence-electron chi connectivity index (χ1n) is 11.5. The lowest BCUT2D eigenvalue weighted by Gasteiger charge is -2.25. The van der Waals surface area contributed by atoms with Crippen LogP contribution >= 0.6 is 0 Å². The third-order valence-electron chi connectivity index (χ3n) is 5.24. The quantitative estimate of drug-likeness (QED) is 0.316. The van der Waals surface area contributed by atoms with Gasteiger partial charge >= 0.3 is 0 Å². The van der Waals surface area contributed by atoms with E-state index >= 15 is 0 Å². The first kappa shape index (κ1) is 24.4. The molecule has 33 heavy (non-hydrogen) atoms. The Morgan fingerprint density at radius 1 is 1.03 bits per heavy atom. The lowest BCUT2D eigenvalue weighted by molar-refractivity contribution is -0.139. The molecule has 1 heterocycles. The van der Waals surface area contributed by atoms with Crippen LogP contribution in [0.15, 0.2) is 54.1 Å². The maximum Gasteiger partial charge on any atom is 0.295 e. The van der Waals surface area contributed by atoms with Crippen molar-refractivity contribution in [3.63, 3.8) is 0 Å². The van der Waals surface area contributed by atoms with Gasteiger partial charge in [0.15, 0.2) is 0 Å². The summed E-state index contributed by atoms with van der Waals surface area (Å²) >= 11 is 0. The molecule has 1 saturated heterocycles. The molecule has 1 amide bonds. The number of likely N-dealkylation sites (tertiary alicyclic amines) is 1. The fraction of sp³-hybridized carbons (Fsp3) is 0.407. The highest BCUT2D eigenvalue weighted by atomic mass is 16.5. The number of amides is 1. The molecule has 176 valence electrons. The third kappa shape index (κ3) is 5.56. The van der Waals surface area contributed by atoms with Crippen molar-refractivity contribution in [3.05, 3.63) is 65.2 Å². The Hall–Kier alpha value is -3.28. The fourth-order valence-electron chi connectivity index (χ4n) is 3.88. The number of hydrogen-bond donors (Lipinski definition) is 1. The van der Waals surface area contributed by atoms with E-state index in [1.54, 1.807) is 24.3 Å². The monoisotopic (exact) mass is 451 g/mol. The van der Waals surface area contributed by atoms with Crippen LogP contribution in [0.1, 0.15) is 58.2 Å². The molecule has 3 rings (SSSR count). The van der Waals surface area contributed by atoms with Gasteiger partial charge in [-0.1, -0.05) is 45.0 Å². The lowest BCUT2D eigenvalue weighted by Crippen LogP contribution is -2.30. The Morgan fingerprint density at radius 2 is 1.73 bits per heavy atom. The summed E-state index contributed by atoms with van der Waals surface area (Å²) in [5.74, 6) is 0.105. The van der Waals surface area contributed by atoms with E-state index in [9.17, 15) is 14.7 Å². The molecule has 0 bridgehead atoms. The second kappa shape index (κ2) is 10.6. The maximum absolute atomic E-state index is 13.1. The predicted octanol–water partition coefficient (Wildman–Crippen LogP) is 5.34. The van der Waals surface area contributed by atoms with Crippen LogP contribution in [0.4, 0.5) is 0 Å². The van der Waals surface area contributed by atoms with Crippen LogP contribution in [0.25, 0.3) is 5.76 Å². The molecule has 6 nitrogen and oxygen atoms in total. The van der Waals surface area contributed by atoms with Crippen molar-refractivity contribution in [1.29, 1.82) is 0 Å². The molecule has 1 aliphatic heterocycles. The summed E-state index contributed by atoms with van der Waals surface area (Å²) in [6.45, 7) is 10.9. The number of carbonyl (C=O) groups excluding carboxylic acids is 2. The number of Topliss-reactive ketones (excluding diaryl/α,β-unsaturated/α-hetero) is 1. The molecule has 2 aromatic rings. The van der Waals surface area contributed by atoms with Gasteiger partial charge in [0.2, 0.25) is 0 Å². The summed E-state index contributed by atoms with van der Waals surface area (Å²) in [5.41, 5.74) is 1.23. The van der Waals surface area contributed by atoms with Crippen molar-refractivity contribution in [2.24, 2.45) is 5.92 Å². The normalized spacial score (nSPS) is 17.8. The van der Waals surface area contributed by atoms with Gasteiger partial charge in [0.25, 0.3) is 11.7 Å². The third-order valence-corrected chi connectivity index (χ3v) is 5.24. The van der Waals surface area contributed by atoms with Crippen LogP contribution in [-0.2, 0) is 9.59 Å². The topological polar surface area (TPSA) is 76.1 Å². The minimum atomic E-state index is -0.692. The molecule has 1 fully saturated rings. The van der Waals surface area contributed by atoms with E-state index < -0.39 is 17.7 Å². The highest BCUT2D eigenvalue weighted by molar-refractivity contribution is 6.46. The van der Waals surface area contributed by atoms with Crippen molar-refractivity contribution in [2.45, 2.75) is 53.2 Å². The van der Waals surface area contributed by atoms with Crippen molar-refractivity contribution in [3.8, 4) is 11.5 Å². The molecular weight excluding hydrogens is 418 g/mol. The molecule has 1 unspecified atom stereocenters. The molecule has 0 spiro atoms. The number of ketones is 1. The minimum absolute atomic E-state index is 0.0360. The smallest absolute Gasteiger partial charge is 0.295 e. The number of ether oxygens (including phenoxy) is 2. The molecule has 1 atom stereocenters. The standard InChI is InChI=1S/C27H33NO5/c1-6-13-28-24(19-9-7-11-21(14-19)32-16-17(2)3)23(26(30)27(28)31)25(29)20-10-8-12-22(15-20)33-18(4)5/h7-12,14-15,17-18,24,29H,6,13,16H2,1-5H3/b25-23-. The SMILES string of the molecule is CCCN1C(=O)C(=O)/C(=C(\O)c2cccc(OC(C)C)c2)C1c1cccc(OCC(C)C)c1. The van der Waals surface area contributed by atoms with Crippen LogP contribution in [0.2, 0.25) is 0 Å². The van der Waals surface area contributed by atoms with Gasteiger partial charge in [0, 0.05) is 12.1 Å². The van der Waals surface area contributed by atoms with Gasteiger partial charge in [-0.3, -0.25) is 9.59 Å². The molecule has 0 aromatic heterocycles. The lowest BCUT2D eigenvalue weighted by atomic mass is 9.95. The van der Waals surface area contributed by atoms with E-state index in [4.69, 9.17) is 9.47 Å². The summed E-state index contributed by atoms with van der Waals surface area (Å²) in [5, 5.41) is 11.2. The summed E-state index contributed by atoms with van der Waals surface area (Å²) in [4.78, 5) is 27.5. The first-order chi connectivity index (χ1) is 15.7. The number of carbonyl (C=O) groups is 2. The number of nitrogens with zero attached hydrogens (tertiary/aromatic N) is 1. The predicted molar refractivity (Wildman–Crippen MR) is 128 cm³/mol. The number of aliphatic hydroxyl groups excluding tert-OH is 1. The number of benzene rings is 2. The average Bonchev–Trinajstić information content (AvgIpc) is 3.02. The van der Waals surface area contributed by atoms with E-state index in [0.717, 1.165) is 5.56 Å². The highest BCUT2D eigenvalue weighted by Crippen LogP contribution is 2.40. The largest absolute Gasteiger partial charge is 0.507 e. The molecule has 0 saturated carbocycles. The van der Waals surface area contributed by atoms with Gasteiger partial charge in [0.05, 0.1) is 24.3 Å². The second-order valence-corrected chi connectivity index (χ2v) is 8.96. The number of hydrogen-bond acceptors (Lipinski definition) is 5. The van der Waals surface area contributed by atoms with Gasteiger partial charge in [-0.05, 0) is 56.0 Å². The fourth-order valence-corrected chi connectivity index (χ4v) is 3.88. The zero-order valence-corrected chi connectivity index (χ0v) is 20.0. The number of rotatable bonds is 9. The van der Waals surface area contributed by atoms with Gasteiger partial charge in [-0.15, -0.1) is 0 Å². The van der Waals surface area contributed by atoms with Crippen LogP contribution in [-0.4, -0.2) is 41.0 Å². The van der Waals surface area contributed by atoms with E-state index in [2.05, 4.69) is 13.8 Å². The average molecular weight is 452 g/mol. The van der Waals surface area contributed by atoms with Gasteiger partial charge in [0.1, 0.15) is 17.3 Å². The van der Waals surface area contributed by atoms with Gasteiger partial charge in [-0.25, -0.2) is 0 Å². The Kier molecular flexibility index (Phi) is 7.79. The molecule has 1 N–H and O–H groups in total. The van der Waals surface area contributed by atoms with Crippen LogP contribution in [0.5, 0.6) is 11.5 Å². The summed E-state index contributed by atoms with van der Waals surface area (Å²) in [7, 11) is 0. The van der Waals surface area contributed by atoms with Gasteiger partial charge < -0.3 is 19.5 Å². The molecule has 6 heteroatoms. The van der Waals surface area contributed by atoms with E-state index in [0.29, 0.717) is 42.6 Å². The first-order valence-corrected chi connectivity index (χ1v) is 11.5. The van der Waals surface area contributed by atoms with Crippen molar-refractivity contribution in [2.75, 3.05) is 13.2 Å². The van der Waals surface area contributed by atoms with E-state index in [1.165, 1.54) is 4.90 Å². The molecule has 2 aromatic carbocycles. The van der Waals surface area contributed by atoms with Crippen LogP contribution in [0.3, 0.4) is 0 Å². The molecule has 0 radical (unpaired) electrons. The van der Waals surface area contributed by atoms with Crippen LogP contribution in [0, 0.1) is 5.92 Å². The van der Waals surface area contributed by atoms with E-state index in [-0.39, 0.29) is 17.4 Å². The maximum atomic E-state index is 13.1. The minimum Gasteiger partial charge on any atom is -0.507 e. The zero-order chi connectivity index (χ0) is 24.1. The zero-order valence-electron chi connectivity index (χ0n) is 20.0. The second-order valence-electron chi connectivity index (χ2n) is 8.96. The summed E-state index contributed by atoms with van der Waals surface area (Å²) in [6.07, 6.45) is 0.649. The molecular formula is C27H33NO5. The Morgan fingerprint density at radius 3 is 2.39 bits per heavy atom. The Bertz CT molecular complexity index is 1040. The van der Waals surface area contributed by atoms with Crippen molar-refractivity contribution in [1.82, 2.24) is 4.90 Å². The van der Waals surface area contributed by atoms with Crippen molar-refractivity contribution >= 4 is 17.4 Å².